The van der Waals surface area contributed by atoms with Gasteiger partial charge in [0.1, 0.15) is 5.82 Å². The minimum atomic E-state index is -4.62. The summed E-state index contributed by atoms with van der Waals surface area (Å²) in [5, 5.41) is 2.34. The topological polar surface area (TPSA) is 44.9 Å². The van der Waals surface area contributed by atoms with Crippen LogP contribution in [-0.2, 0) is 12.7 Å². The zero-order chi connectivity index (χ0) is 14.8. The van der Waals surface area contributed by atoms with Crippen molar-refractivity contribution >= 4 is 5.91 Å². The Balaban J connectivity index is 2.16. The Morgan fingerprint density at radius 3 is 2.60 bits per heavy atom. The summed E-state index contributed by atoms with van der Waals surface area (Å²) in [7, 11) is 0. The highest BCUT2D eigenvalue weighted by Crippen LogP contribution is 2.30. The third-order valence-electron chi connectivity index (χ3n) is 2.64. The maximum Gasteiger partial charge on any atom is 0.416 e. The molecule has 1 heterocycles. The maximum absolute atomic E-state index is 13.4. The van der Waals surface area contributed by atoms with Crippen molar-refractivity contribution in [3.05, 3.63) is 59.2 Å². The van der Waals surface area contributed by atoms with Gasteiger partial charge in [-0.25, -0.2) is 4.39 Å². The number of aromatic nitrogens is 1. The van der Waals surface area contributed by atoms with Crippen molar-refractivity contribution in [2.24, 2.45) is 0 Å². The number of halogens is 4. The van der Waals surface area contributed by atoms with Gasteiger partial charge in [-0.15, -0.1) is 0 Å². The van der Waals surface area contributed by atoms with Crippen LogP contribution in [0, 0.1) is 5.82 Å². The average molecular weight is 286 g/mol. The first-order valence-corrected chi connectivity index (χ1v) is 5.65. The predicted octanol–water partition coefficient (Wildman–Crippen LogP) is 3.10. The van der Waals surface area contributed by atoms with Gasteiger partial charge in [-0.3, -0.25) is 4.79 Å². The number of hydrogen-bond donors (Lipinski definition) is 2. The van der Waals surface area contributed by atoms with Crippen LogP contribution in [-0.4, -0.2) is 10.9 Å². The van der Waals surface area contributed by atoms with Crippen LogP contribution < -0.4 is 5.32 Å². The van der Waals surface area contributed by atoms with Crippen molar-refractivity contribution in [2.75, 3.05) is 0 Å². The molecule has 0 atom stereocenters. The van der Waals surface area contributed by atoms with Crippen molar-refractivity contribution in [2.45, 2.75) is 12.7 Å². The second-order valence-electron chi connectivity index (χ2n) is 4.07. The fraction of sp³-hybridized carbons (Fsp3) is 0.154. The predicted molar refractivity (Wildman–Crippen MR) is 63.4 cm³/mol. The summed E-state index contributed by atoms with van der Waals surface area (Å²) in [6.45, 7) is 0.0710. The number of benzene rings is 1. The monoisotopic (exact) mass is 286 g/mol. The molecule has 106 valence electrons. The molecule has 0 spiro atoms. The Morgan fingerprint density at radius 1 is 1.25 bits per heavy atom. The number of rotatable bonds is 3. The summed E-state index contributed by atoms with van der Waals surface area (Å²) < 4.78 is 51.0. The quantitative estimate of drug-likeness (QED) is 0.837. The van der Waals surface area contributed by atoms with Crippen LogP contribution in [0.25, 0.3) is 0 Å². The van der Waals surface area contributed by atoms with Gasteiger partial charge in [-0.05, 0) is 30.3 Å². The normalized spacial score (nSPS) is 11.4. The molecular weight excluding hydrogens is 276 g/mol. The van der Waals surface area contributed by atoms with E-state index in [9.17, 15) is 22.4 Å². The summed E-state index contributed by atoms with van der Waals surface area (Å²) in [4.78, 5) is 14.5. The molecule has 0 radical (unpaired) electrons. The molecule has 7 heteroatoms. The number of nitrogens with one attached hydrogen (secondary N) is 2. The molecule has 0 saturated heterocycles. The van der Waals surface area contributed by atoms with Crippen LogP contribution in [0.2, 0.25) is 0 Å². The van der Waals surface area contributed by atoms with E-state index in [2.05, 4.69) is 10.3 Å². The number of H-pyrrole nitrogens is 1. The fourth-order valence-electron chi connectivity index (χ4n) is 1.62. The minimum Gasteiger partial charge on any atom is -0.364 e. The summed E-state index contributed by atoms with van der Waals surface area (Å²) in [6, 6.07) is 5.11. The lowest BCUT2D eigenvalue weighted by molar-refractivity contribution is -0.137. The van der Waals surface area contributed by atoms with Crippen LogP contribution in [0.15, 0.2) is 36.5 Å². The molecule has 1 aromatic heterocycles. The lowest BCUT2D eigenvalue weighted by Gasteiger charge is -2.10. The standard InChI is InChI=1S/C13H10F4N2O/c14-11-4-3-8(13(15,16)17)6-10(11)12(20)19-7-9-2-1-5-18-9/h1-6,18H,7H2,(H,19,20). The molecule has 0 saturated carbocycles. The van der Waals surface area contributed by atoms with Gasteiger partial charge in [0, 0.05) is 11.9 Å². The van der Waals surface area contributed by atoms with Crippen LogP contribution in [0.3, 0.4) is 0 Å². The first-order chi connectivity index (χ1) is 9.38. The summed E-state index contributed by atoms with van der Waals surface area (Å²) in [5.74, 6) is -1.90. The number of hydrogen-bond acceptors (Lipinski definition) is 1. The molecule has 0 aliphatic carbocycles. The molecule has 1 aromatic carbocycles. The van der Waals surface area contributed by atoms with E-state index >= 15 is 0 Å². The number of aromatic amines is 1. The number of amides is 1. The van der Waals surface area contributed by atoms with E-state index in [1.807, 2.05) is 0 Å². The Bertz CT molecular complexity index is 605. The molecule has 2 N–H and O–H groups in total. The van der Waals surface area contributed by atoms with Crippen molar-refractivity contribution in [3.63, 3.8) is 0 Å². The van der Waals surface area contributed by atoms with Gasteiger partial charge >= 0.3 is 6.18 Å². The lowest BCUT2D eigenvalue weighted by atomic mass is 10.1. The molecule has 20 heavy (non-hydrogen) atoms. The Hall–Kier alpha value is -2.31. The molecule has 0 aliphatic heterocycles. The SMILES string of the molecule is O=C(NCc1ccc[nH]1)c1cc(C(F)(F)F)ccc1F. The van der Waals surface area contributed by atoms with Gasteiger partial charge < -0.3 is 10.3 Å². The van der Waals surface area contributed by atoms with Gasteiger partial charge in [-0.2, -0.15) is 13.2 Å². The molecule has 3 nitrogen and oxygen atoms in total. The minimum absolute atomic E-state index is 0.0710. The largest absolute Gasteiger partial charge is 0.416 e. The van der Waals surface area contributed by atoms with Crippen LogP contribution in [0.1, 0.15) is 21.6 Å². The Labute approximate surface area is 111 Å². The van der Waals surface area contributed by atoms with Gasteiger partial charge in [0.05, 0.1) is 17.7 Å². The van der Waals surface area contributed by atoms with E-state index < -0.39 is 29.0 Å². The van der Waals surface area contributed by atoms with Crippen LogP contribution in [0.4, 0.5) is 17.6 Å². The summed E-state index contributed by atoms with van der Waals surface area (Å²) >= 11 is 0. The second-order valence-corrected chi connectivity index (χ2v) is 4.07. The number of carbonyl (C=O) groups is 1. The van der Waals surface area contributed by atoms with Crippen molar-refractivity contribution in [3.8, 4) is 0 Å². The molecule has 0 unspecified atom stereocenters. The molecule has 0 bridgehead atoms. The van der Waals surface area contributed by atoms with E-state index in [4.69, 9.17) is 0 Å². The van der Waals surface area contributed by atoms with Crippen molar-refractivity contribution < 1.29 is 22.4 Å². The second kappa shape index (κ2) is 5.36. The number of carbonyl (C=O) groups excluding carboxylic acids is 1. The van der Waals surface area contributed by atoms with E-state index in [0.29, 0.717) is 23.9 Å². The van der Waals surface area contributed by atoms with E-state index in [0.717, 1.165) is 0 Å². The van der Waals surface area contributed by atoms with Crippen molar-refractivity contribution in [1.29, 1.82) is 0 Å². The highest BCUT2D eigenvalue weighted by molar-refractivity contribution is 5.94. The van der Waals surface area contributed by atoms with Gasteiger partial charge in [0.25, 0.3) is 5.91 Å². The van der Waals surface area contributed by atoms with Gasteiger partial charge in [-0.1, -0.05) is 0 Å². The molecule has 0 fully saturated rings. The van der Waals surface area contributed by atoms with E-state index in [1.54, 1.807) is 18.3 Å². The highest BCUT2D eigenvalue weighted by atomic mass is 19.4. The first-order valence-electron chi connectivity index (χ1n) is 5.65. The van der Waals surface area contributed by atoms with Crippen LogP contribution in [0.5, 0.6) is 0 Å². The third-order valence-corrected chi connectivity index (χ3v) is 2.64. The van der Waals surface area contributed by atoms with Gasteiger partial charge in [0.2, 0.25) is 0 Å². The molecule has 2 rings (SSSR count). The molecule has 2 aromatic rings. The zero-order valence-corrected chi connectivity index (χ0v) is 10.1. The average Bonchev–Trinajstić information content (AvgIpc) is 2.88. The summed E-state index contributed by atoms with van der Waals surface area (Å²) in [6.07, 6.45) is -2.99. The van der Waals surface area contributed by atoms with Crippen molar-refractivity contribution in [1.82, 2.24) is 10.3 Å². The third kappa shape index (κ3) is 3.17. The lowest BCUT2D eigenvalue weighted by Crippen LogP contribution is -2.24. The van der Waals surface area contributed by atoms with Crippen LogP contribution >= 0.6 is 0 Å². The number of alkyl halides is 3. The molecule has 0 aliphatic rings. The smallest absolute Gasteiger partial charge is 0.364 e. The first kappa shape index (κ1) is 14.1. The highest BCUT2D eigenvalue weighted by Gasteiger charge is 2.31. The zero-order valence-electron chi connectivity index (χ0n) is 10.1. The summed E-state index contributed by atoms with van der Waals surface area (Å²) in [5.41, 5.74) is -1.04. The molecule has 1 amide bonds. The molecular formula is C13H10F4N2O. The van der Waals surface area contributed by atoms with E-state index in [1.165, 1.54) is 0 Å². The fourth-order valence-corrected chi connectivity index (χ4v) is 1.62. The maximum atomic E-state index is 13.4. The van der Waals surface area contributed by atoms with E-state index in [-0.39, 0.29) is 6.54 Å². The Kier molecular flexibility index (Phi) is 3.78. The Morgan fingerprint density at radius 2 is 2.00 bits per heavy atom. The van der Waals surface area contributed by atoms with Gasteiger partial charge in [0.15, 0.2) is 0 Å².